The second-order valence-electron chi connectivity index (χ2n) is 5.87. The van der Waals surface area contributed by atoms with E-state index in [1.165, 1.54) is 6.07 Å². The van der Waals surface area contributed by atoms with Gasteiger partial charge in [-0.2, -0.15) is 0 Å². The quantitative estimate of drug-likeness (QED) is 0.568. The van der Waals surface area contributed by atoms with Crippen LogP contribution in [0, 0.1) is 10.1 Å². The second-order valence-corrected chi connectivity index (χ2v) is 5.87. The molecule has 0 fully saturated rings. The Morgan fingerprint density at radius 3 is 2.58 bits per heavy atom. The van der Waals surface area contributed by atoms with E-state index in [1.807, 2.05) is 36.4 Å². The lowest BCUT2D eigenvalue weighted by Gasteiger charge is -2.27. The van der Waals surface area contributed by atoms with Gasteiger partial charge in [0.2, 0.25) is 5.91 Å². The fourth-order valence-electron chi connectivity index (χ4n) is 3.48. The molecule has 0 saturated heterocycles. The van der Waals surface area contributed by atoms with Gasteiger partial charge in [0.15, 0.2) is 0 Å². The van der Waals surface area contributed by atoms with Crippen molar-refractivity contribution in [3.05, 3.63) is 81.9 Å². The van der Waals surface area contributed by atoms with Crippen LogP contribution in [-0.4, -0.2) is 10.8 Å². The SMILES string of the molecule is O=C1C[C@@H](c2ccccc2[N+](=O)[O-])c2c(ccc3ccccc23)N1. The zero-order chi connectivity index (χ0) is 16.7. The highest BCUT2D eigenvalue weighted by molar-refractivity contribution is 6.01. The molecule has 3 aromatic carbocycles. The Bertz CT molecular complexity index is 981. The molecule has 1 amide bonds. The highest BCUT2D eigenvalue weighted by Crippen LogP contribution is 2.43. The summed E-state index contributed by atoms with van der Waals surface area (Å²) in [4.78, 5) is 23.2. The van der Waals surface area contributed by atoms with Gasteiger partial charge < -0.3 is 5.32 Å². The van der Waals surface area contributed by atoms with Gasteiger partial charge in [-0.15, -0.1) is 0 Å². The van der Waals surface area contributed by atoms with Crippen molar-refractivity contribution in [2.45, 2.75) is 12.3 Å². The first kappa shape index (κ1) is 14.4. The summed E-state index contributed by atoms with van der Waals surface area (Å²) in [5.74, 6) is -0.456. The molecule has 1 N–H and O–H groups in total. The maximum absolute atomic E-state index is 12.1. The van der Waals surface area contributed by atoms with Crippen molar-refractivity contribution < 1.29 is 9.72 Å². The van der Waals surface area contributed by atoms with E-state index in [0.29, 0.717) is 5.56 Å². The van der Waals surface area contributed by atoms with E-state index in [-0.39, 0.29) is 28.9 Å². The molecule has 3 aromatic rings. The lowest BCUT2D eigenvalue weighted by molar-refractivity contribution is -0.385. The van der Waals surface area contributed by atoms with Crippen LogP contribution in [0.1, 0.15) is 23.5 Å². The highest BCUT2D eigenvalue weighted by atomic mass is 16.6. The zero-order valence-electron chi connectivity index (χ0n) is 12.7. The molecule has 0 aliphatic carbocycles. The smallest absolute Gasteiger partial charge is 0.273 e. The molecule has 4 rings (SSSR count). The first-order chi connectivity index (χ1) is 11.6. The molecule has 0 saturated carbocycles. The van der Waals surface area contributed by atoms with E-state index in [4.69, 9.17) is 0 Å². The Morgan fingerprint density at radius 1 is 1.00 bits per heavy atom. The lowest BCUT2D eigenvalue weighted by atomic mass is 9.81. The van der Waals surface area contributed by atoms with Gasteiger partial charge in [-0.3, -0.25) is 14.9 Å². The summed E-state index contributed by atoms with van der Waals surface area (Å²) in [6, 6.07) is 18.4. The number of fused-ring (bicyclic) bond motifs is 3. The molecule has 1 aliphatic rings. The molecule has 0 bridgehead atoms. The standard InChI is InChI=1S/C19H14N2O3/c22-18-11-15(14-7-3-4-8-17(14)21(23)24)19-13-6-2-1-5-12(13)9-10-16(19)20-18/h1-10,15H,11H2,(H,20,22)/t15-/m0/s1. The van der Waals surface area contributed by atoms with Crippen LogP contribution in [0.25, 0.3) is 10.8 Å². The summed E-state index contributed by atoms with van der Waals surface area (Å²) < 4.78 is 0. The number of nitrogens with zero attached hydrogens (tertiary/aromatic N) is 1. The van der Waals surface area contributed by atoms with Gasteiger partial charge in [-0.05, 0) is 22.4 Å². The maximum Gasteiger partial charge on any atom is 0.273 e. The Hall–Kier alpha value is -3.21. The van der Waals surface area contributed by atoms with Gasteiger partial charge in [0.25, 0.3) is 5.69 Å². The Kier molecular flexibility index (Phi) is 3.27. The van der Waals surface area contributed by atoms with Gasteiger partial charge in [0.1, 0.15) is 0 Å². The third-order valence-corrected chi connectivity index (χ3v) is 4.49. The summed E-state index contributed by atoms with van der Waals surface area (Å²) >= 11 is 0. The molecule has 1 atom stereocenters. The molecule has 1 aliphatic heterocycles. The number of amides is 1. The van der Waals surface area contributed by atoms with E-state index in [2.05, 4.69) is 5.32 Å². The molecule has 24 heavy (non-hydrogen) atoms. The Morgan fingerprint density at radius 2 is 1.75 bits per heavy atom. The monoisotopic (exact) mass is 318 g/mol. The number of nitro benzene ring substituents is 1. The first-order valence-corrected chi connectivity index (χ1v) is 7.70. The van der Waals surface area contributed by atoms with Crippen molar-refractivity contribution in [1.29, 1.82) is 0 Å². The van der Waals surface area contributed by atoms with Crippen LogP contribution in [0.15, 0.2) is 60.7 Å². The van der Waals surface area contributed by atoms with Crippen LogP contribution in [-0.2, 0) is 4.79 Å². The van der Waals surface area contributed by atoms with Crippen molar-refractivity contribution >= 4 is 28.1 Å². The minimum absolute atomic E-state index is 0.0519. The first-order valence-electron chi connectivity index (χ1n) is 7.70. The molecule has 0 unspecified atom stereocenters. The van der Waals surface area contributed by atoms with Crippen LogP contribution in [0.4, 0.5) is 11.4 Å². The third kappa shape index (κ3) is 2.22. The summed E-state index contributed by atoms with van der Waals surface area (Å²) in [5.41, 5.74) is 2.31. The van der Waals surface area contributed by atoms with Gasteiger partial charge in [0.05, 0.1) is 4.92 Å². The van der Waals surface area contributed by atoms with Crippen LogP contribution in [0.3, 0.4) is 0 Å². The number of para-hydroxylation sites is 1. The number of nitrogens with one attached hydrogen (secondary N) is 1. The lowest BCUT2D eigenvalue weighted by Crippen LogP contribution is -2.24. The molecule has 118 valence electrons. The van der Waals surface area contributed by atoms with Crippen LogP contribution >= 0.6 is 0 Å². The van der Waals surface area contributed by atoms with Gasteiger partial charge in [-0.1, -0.05) is 48.5 Å². The molecule has 0 spiro atoms. The molecule has 1 heterocycles. The van der Waals surface area contributed by atoms with Crippen LogP contribution < -0.4 is 5.32 Å². The number of carbonyl (C=O) groups excluding carboxylic acids is 1. The minimum Gasteiger partial charge on any atom is -0.326 e. The topological polar surface area (TPSA) is 72.2 Å². The Balaban J connectivity index is 2.01. The fourth-order valence-corrected chi connectivity index (χ4v) is 3.48. The third-order valence-electron chi connectivity index (χ3n) is 4.49. The van der Waals surface area contributed by atoms with Crippen molar-refractivity contribution in [2.24, 2.45) is 0 Å². The summed E-state index contributed by atoms with van der Waals surface area (Å²) in [7, 11) is 0. The number of hydrogen-bond donors (Lipinski definition) is 1. The summed E-state index contributed by atoms with van der Waals surface area (Å²) in [6.45, 7) is 0. The largest absolute Gasteiger partial charge is 0.326 e. The van der Waals surface area contributed by atoms with E-state index < -0.39 is 0 Å². The molecule has 0 radical (unpaired) electrons. The van der Waals surface area contributed by atoms with E-state index in [9.17, 15) is 14.9 Å². The second kappa shape index (κ2) is 5.45. The molecular weight excluding hydrogens is 304 g/mol. The molecule has 0 aromatic heterocycles. The molecule has 5 heteroatoms. The Labute approximate surface area is 138 Å². The predicted molar refractivity (Wildman–Crippen MR) is 92.1 cm³/mol. The molecule has 5 nitrogen and oxygen atoms in total. The van der Waals surface area contributed by atoms with Crippen LogP contribution in [0.5, 0.6) is 0 Å². The average Bonchev–Trinajstić information content (AvgIpc) is 2.60. The maximum atomic E-state index is 12.1. The number of rotatable bonds is 2. The average molecular weight is 318 g/mol. The van der Waals surface area contributed by atoms with Gasteiger partial charge in [-0.25, -0.2) is 0 Å². The molecular formula is C19H14N2O3. The summed E-state index contributed by atoms with van der Waals surface area (Å²) in [6.07, 6.45) is 0.200. The number of nitro groups is 1. The zero-order valence-corrected chi connectivity index (χ0v) is 12.7. The predicted octanol–water partition coefficient (Wildman–Crippen LogP) is 4.22. The van der Waals surface area contributed by atoms with Crippen molar-refractivity contribution in [1.82, 2.24) is 0 Å². The number of hydrogen-bond acceptors (Lipinski definition) is 3. The summed E-state index contributed by atoms with van der Waals surface area (Å²) in [5, 5.41) is 16.4. The van der Waals surface area contributed by atoms with Crippen molar-refractivity contribution in [3.63, 3.8) is 0 Å². The number of anilines is 1. The van der Waals surface area contributed by atoms with Crippen LogP contribution in [0.2, 0.25) is 0 Å². The van der Waals surface area contributed by atoms with E-state index in [0.717, 1.165) is 22.0 Å². The number of carbonyl (C=O) groups is 1. The van der Waals surface area contributed by atoms with Gasteiger partial charge in [0, 0.05) is 29.7 Å². The van der Waals surface area contributed by atoms with E-state index >= 15 is 0 Å². The van der Waals surface area contributed by atoms with Gasteiger partial charge >= 0.3 is 0 Å². The number of benzene rings is 3. The normalized spacial score (nSPS) is 16.5. The van der Waals surface area contributed by atoms with Crippen molar-refractivity contribution in [3.8, 4) is 0 Å². The van der Waals surface area contributed by atoms with Crippen molar-refractivity contribution in [2.75, 3.05) is 5.32 Å². The minimum atomic E-state index is -0.382. The fraction of sp³-hybridized carbons (Fsp3) is 0.105. The highest BCUT2D eigenvalue weighted by Gasteiger charge is 2.32. The van der Waals surface area contributed by atoms with E-state index in [1.54, 1.807) is 18.2 Å².